The molecule has 124 valence electrons. The largest absolute Gasteiger partial charge is 0.337 e. The maximum Gasteiger partial charge on any atom is 0.247 e. The zero-order valence-corrected chi connectivity index (χ0v) is 13.9. The quantitative estimate of drug-likeness (QED) is 0.703. The Hall–Kier alpha value is -2.74. The third-order valence-corrected chi connectivity index (χ3v) is 3.67. The molecule has 0 aliphatic carbocycles. The predicted molar refractivity (Wildman–Crippen MR) is 86.0 cm³/mol. The van der Waals surface area contributed by atoms with Crippen LogP contribution in [-0.4, -0.2) is 42.8 Å². The van der Waals surface area contributed by atoms with Crippen LogP contribution in [0.15, 0.2) is 41.4 Å². The molecule has 3 heterocycles. The second-order valence-corrected chi connectivity index (χ2v) is 5.69. The fraction of sp³-hybridized carbons (Fsp3) is 0.267. The Morgan fingerprint density at radius 2 is 2.17 bits per heavy atom. The van der Waals surface area contributed by atoms with Crippen molar-refractivity contribution in [3.05, 3.63) is 47.8 Å². The van der Waals surface area contributed by atoms with Crippen molar-refractivity contribution in [3.63, 3.8) is 0 Å². The molecule has 0 fully saturated rings. The van der Waals surface area contributed by atoms with E-state index in [9.17, 15) is 4.79 Å². The molecule has 3 aromatic heterocycles. The van der Waals surface area contributed by atoms with Crippen LogP contribution in [-0.2, 0) is 11.3 Å². The van der Waals surface area contributed by atoms with Crippen molar-refractivity contribution in [1.82, 2.24) is 29.8 Å². The summed E-state index contributed by atoms with van der Waals surface area (Å²) in [6.45, 7) is 1.95. The standard InChI is InChI=1S/C15H15ClN6O2/c1-10(22-8-12(16)7-18-22)15(23)21(2)9-13-19-14(20-24-13)11-3-5-17-6-4-11/h3-8,10H,9H2,1-2H3/t10-/m0/s1. The second kappa shape index (κ2) is 6.79. The van der Waals surface area contributed by atoms with Crippen LogP contribution in [0.25, 0.3) is 11.4 Å². The van der Waals surface area contributed by atoms with Gasteiger partial charge < -0.3 is 9.42 Å². The molecule has 0 aromatic carbocycles. The molecule has 0 bridgehead atoms. The molecular formula is C15H15ClN6O2. The molecule has 1 atom stereocenters. The topological polar surface area (TPSA) is 89.9 Å². The molecule has 0 aliphatic rings. The summed E-state index contributed by atoms with van der Waals surface area (Å²) in [5, 5.41) is 8.45. The molecule has 3 aromatic rings. The molecule has 3 rings (SSSR count). The lowest BCUT2D eigenvalue weighted by atomic mass is 10.2. The zero-order chi connectivity index (χ0) is 17.1. The average Bonchev–Trinajstić information content (AvgIpc) is 3.23. The summed E-state index contributed by atoms with van der Waals surface area (Å²) in [7, 11) is 1.67. The minimum absolute atomic E-state index is 0.140. The van der Waals surface area contributed by atoms with Gasteiger partial charge in [0.15, 0.2) is 0 Å². The van der Waals surface area contributed by atoms with E-state index < -0.39 is 6.04 Å². The molecule has 0 aliphatic heterocycles. The van der Waals surface area contributed by atoms with E-state index in [-0.39, 0.29) is 12.5 Å². The Balaban J connectivity index is 1.67. The van der Waals surface area contributed by atoms with Gasteiger partial charge in [0.05, 0.1) is 17.8 Å². The molecule has 1 amide bonds. The highest BCUT2D eigenvalue weighted by molar-refractivity contribution is 6.30. The summed E-state index contributed by atoms with van der Waals surface area (Å²) in [4.78, 5) is 22.2. The van der Waals surface area contributed by atoms with E-state index in [1.807, 2.05) is 0 Å². The van der Waals surface area contributed by atoms with Crippen molar-refractivity contribution in [2.75, 3.05) is 7.05 Å². The van der Waals surface area contributed by atoms with Crippen molar-refractivity contribution < 1.29 is 9.32 Å². The van der Waals surface area contributed by atoms with Crippen LogP contribution in [0.2, 0.25) is 5.02 Å². The number of carbonyl (C=O) groups excluding carboxylic acids is 1. The number of aromatic nitrogens is 5. The van der Waals surface area contributed by atoms with Gasteiger partial charge in [-0.15, -0.1) is 0 Å². The lowest BCUT2D eigenvalue weighted by molar-refractivity contribution is -0.134. The number of nitrogens with zero attached hydrogens (tertiary/aromatic N) is 6. The number of pyridine rings is 1. The van der Waals surface area contributed by atoms with E-state index in [4.69, 9.17) is 16.1 Å². The van der Waals surface area contributed by atoms with Gasteiger partial charge in [-0.05, 0) is 19.1 Å². The maximum absolute atomic E-state index is 12.5. The van der Waals surface area contributed by atoms with Gasteiger partial charge in [-0.2, -0.15) is 10.1 Å². The lowest BCUT2D eigenvalue weighted by Gasteiger charge is -2.19. The maximum atomic E-state index is 12.5. The minimum atomic E-state index is -0.481. The van der Waals surface area contributed by atoms with Gasteiger partial charge >= 0.3 is 0 Å². The summed E-state index contributed by atoms with van der Waals surface area (Å²) in [6.07, 6.45) is 6.40. The van der Waals surface area contributed by atoms with Crippen LogP contribution < -0.4 is 0 Å². The van der Waals surface area contributed by atoms with Crippen molar-refractivity contribution in [2.45, 2.75) is 19.5 Å². The van der Waals surface area contributed by atoms with Crippen molar-refractivity contribution >= 4 is 17.5 Å². The van der Waals surface area contributed by atoms with E-state index in [1.54, 1.807) is 44.7 Å². The van der Waals surface area contributed by atoms with Gasteiger partial charge in [-0.25, -0.2) is 0 Å². The smallest absolute Gasteiger partial charge is 0.247 e. The summed E-state index contributed by atoms with van der Waals surface area (Å²) in [5.74, 6) is 0.668. The number of hydrogen-bond donors (Lipinski definition) is 0. The van der Waals surface area contributed by atoms with Gasteiger partial charge in [-0.1, -0.05) is 16.8 Å². The van der Waals surface area contributed by atoms with E-state index in [1.165, 1.54) is 15.8 Å². The molecule has 0 radical (unpaired) electrons. The number of carbonyl (C=O) groups is 1. The summed E-state index contributed by atoms with van der Waals surface area (Å²) >= 11 is 5.83. The fourth-order valence-corrected chi connectivity index (χ4v) is 2.32. The molecule has 0 saturated heterocycles. The van der Waals surface area contributed by atoms with Crippen LogP contribution >= 0.6 is 11.6 Å². The minimum Gasteiger partial charge on any atom is -0.337 e. The third-order valence-electron chi connectivity index (χ3n) is 3.48. The van der Waals surface area contributed by atoms with E-state index in [0.717, 1.165) is 5.56 Å². The van der Waals surface area contributed by atoms with Crippen LogP contribution in [0.4, 0.5) is 0 Å². The lowest BCUT2D eigenvalue weighted by Crippen LogP contribution is -2.33. The first-order chi connectivity index (χ1) is 11.5. The molecule has 0 saturated carbocycles. The highest BCUT2D eigenvalue weighted by Gasteiger charge is 2.22. The fourth-order valence-electron chi connectivity index (χ4n) is 2.18. The second-order valence-electron chi connectivity index (χ2n) is 5.26. The first-order valence-corrected chi connectivity index (χ1v) is 7.60. The third kappa shape index (κ3) is 3.43. The van der Waals surface area contributed by atoms with Crippen molar-refractivity contribution in [1.29, 1.82) is 0 Å². The van der Waals surface area contributed by atoms with Crippen molar-refractivity contribution in [3.8, 4) is 11.4 Å². The van der Waals surface area contributed by atoms with E-state index in [0.29, 0.717) is 16.7 Å². The van der Waals surface area contributed by atoms with Gasteiger partial charge in [0.1, 0.15) is 6.04 Å². The van der Waals surface area contributed by atoms with Crippen LogP contribution in [0.5, 0.6) is 0 Å². The highest BCUT2D eigenvalue weighted by Crippen LogP contribution is 2.16. The number of rotatable bonds is 5. The summed E-state index contributed by atoms with van der Waals surface area (Å²) in [5.41, 5.74) is 0.800. The Morgan fingerprint density at radius 3 is 2.83 bits per heavy atom. The number of hydrogen-bond acceptors (Lipinski definition) is 6. The Labute approximate surface area is 143 Å². The molecule has 0 spiro atoms. The first-order valence-electron chi connectivity index (χ1n) is 7.22. The SMILES string of the molecule is C[C@@H](C(=O)N(C)Cc1nc(-c2ccncc2)no1)n1cc(Cl)cn1. The van der Waals surface area contributed by atoms with Gasteiger partial charge in [0.2, 0.25) is 17.6 Å². The van der Waals surface area contributed by atoms with Gasteiger partial charge in [0.25, 0.3) is 0 Å². The van der Waals surface area contributed by atoms with Crippen LogP contribution in [0.1, 0.15) is 18.9 Å². The summed E-state index contributed by atoms with van der Waals surface area (Å²) < 4.78 is 6.72. The molecule has 24 heavy (non-hydrogen) atoms. The Kier molecular flexibility index (Phi) is 4.57. The first kappa shape index (κ1) is 16.1. The molecule has 0 unspecified atom stereocenters. The molecule has 9 heteroatoms. The van der Waals surface area contributed by atoms with Gasteiger partial charge in [0, 0.05) is 31.2 Å². The van der Waals surface area contributed by atoms with Crippen molar-refractivity contribution in [2.24, 2.45) is 0 Å². The Morgan fingerprint density at radius 1 is 1.42 bits per heavy atom. The van der Waals surface area contributed by atoms with E-state index in [2.05, 4.69) is 20.2 Å². The van der Waals surface area contributed by atoms with E-state index >= 15 is 0 Å². The molecule has 8 nitrogen and oxygen atoms in total. The predicted octanol–water partition coefficient (Wildman–Crippen LogP) is 2.20. The average molecular weight is 347 g/mol. The molecular weight excluding hydrogens is 332 g/mol. The highest BCUT2D eigenvalue weighted by atomic mass is 35.5. The number of amides is 1. The monoisotopic (exact) mass is 346 g/mol. The Bertz CT molecular complexity index is 831. The van der Waals surface area contributed by atoms with Gasteiger partial charge in [-0.3, -0.25) is 14.5 Å². The zero-order valence-electron chi connectivity index (χ0n) is 13.1. The van der Waals surface area contributed by atoms with Crippen LogP contribution in [0, 0.1) is 0 Å². The van der Waals surface area contributed by atoms with Crippen LogP contribution in [0.3, 0.4) is 0 Å². The summed E-state index contributed by atoms with van der Waals surface area (Å²) in [6, 6.07) is 3.09. The number of halogens is 1. The number of likely N-dealkylation sites (N-methyl/N-ethyl adjacent to an activating group) is 1. The normalized spacial score (nSPS) is 12.1. The molecule has 0 N–H and O–H groups in total.